The molecule has 3 heterocycles. The van der Waals surface area contributed by atoms with E-state index in [1.165, 1.54) is 0 Å². The first-order valence-corrected chi connectivity index (χ1v) is 5.75. The van der Waals surface area contributed by atoms with Crippen LogP contribution in [0.3, 0.4) is 0 Å². The van der Waals surface area contributed by atoms with Gasteiger partial charge in [0.1, 0.15) is 5.49 Å². The van der Waals surface area contributed by atoms with Gasteiger partial charge in [0.15, 0.2) is 17.5 Å². The number of nitrogen functional groups attached to an aromatic ring is 1. The van der Waals surface area contributed by atoms with Gasteiger partial charge in [-0.05, 0) is 0 Å². The van der Waals surface area contributed by atoms with Crippen molar-refractivity contribution in [3.8, 4) is 11.4 Å². The largest absolute Gasteiger partial charge is 0.381 e. The van der Waals surface area contributed by atoms with Crippen LogP contribution in [-0.2, 0) is 0 Å². The van der Waals surface area contributed by atoms with Crippen molar-refractivity contribution in [2.75, 3.05) is 12.3 Å². The molecule has 1 atom stereocenters. The van der Waals surface area contributed by atoms with Gasteiger partial charge in [0.25, 0.3) is 0 Å². The monoisotopic (exact) mass is 265 g/mol. The number of aromatic amines is 1. The molecule has 18 heavy (non-hydrogen) atoms. The number of nitrogens with zero attached hydrogens (tertiary/aromatic N) is 3. The third-order valence-electron chi connectivity index (χ3n) is 2.68. The van der Waals surface area contributed by atoms with Crippen molar-refractivity contribution in [2.45, 2.75) is 5.38 Å². The van der Waals surface area contributed by atoms with Crippen molar-refractivity contribution in [3.63, 3.8) is 0 Å². The van der Waals surface area contributed by atoms with Crippen LogP contribution in [0.25, 0.3) is 17.5 Å². The SMILES string of the molecule is Nc1nc(-c2c[nH]c3c2=CC(Cl)CN=3)ncc1F. The second-order valence-electron chi connectivity index (χ2n) is 3.91. The third-order valence-corrected chi connectivity index (χ3v) is 2.95. The molecule has 0 amide bonds. The number of hydrogen-bond donors (Lipinski definition) is 2. The van der Waals surface area contributed by atoms with Gasteiger partial charge in [0.05, 0.1) is 18.1 Å². The highest BCUT2D eigenvalue weighted by Gasteiger charge is 2.13. The summed E-state index contributed by atoms with van der Waals surface area (Å²) in [6.45, 7) is 0.529. The Morgan fingerprint density at radius 3 is 3.11 bits per heavy atom. The summed E-state index contributed by atoms with van der Waals surface area (Å²) in [4.78, 5) is 15.1. The molecule has 0 saturated heterocycles. The van der Waals surface area contributed by atoms with Gasteiger partial charge in [-0.2, -0.15) is 0 Å². The Bertz CT molecular complexity index is 724. The van der Waals surface area contributed by atoms with E-state index in [1.807, 2.05) is 6.08 Å². The molecule has 0 aromatic carbocycles. The van der Waals surface area contributed by atoms with Crippen molar-refractivity contribution in [1.82, 2.24) is 15.0 Å². The van der Waals surface area contributed by atoms with E-state index >= 15 is 0 Å². The number of anilines is 1. The zero-order valence-corrected chi connectivity index (χ0v) is 9.95. The molecule has 0 fully saturated rings. The van der Waals surface area contributed by atoms with E-state index in [0.717, 1.165) is 16.9 Å². The fraction of sp³-hybridized carbons (Fsp3) is 0.182. The van der Waals surface area contributed by atoms with Gasteiger partial charge in [-0.3, -0.25) is 4.99 Å². The third kappa shape index (κ3) is 1.74. The maximum Gasteiger partial charge on any atom is 0.183 e. The lowest BCUT2D eigenvalue weighted by atomic mass is 10.2. The molecule has 1 aliphatic heterocycles. The first-order chi connectivity index (χ1) is 8.65. The molecule has 2 aromatic rings. The van der Waals surface area contributed by atoms with E-state index in [0.29, 0.717) is 17.9 Å². The predicted molar refractivity (Wildman–Crippen MR) is 65.9 cm³/mol. The Morgan fingerprint density at radius 1 is 1.50 bits per heavy atom. The van der Waals surface area contributed by atoms with E-state index in [1.54, 1.807) is 6.20 Å². The summed E-state index contributed by atoms with van der Waals surface area (Å²) in [5.74, 6) is -0.458. The number of nitrogens with two attached hydrogens (primary N) is 1. The fourth-order valence-electron chi connectivity index (χ4n) is 1.83. The van der Waals surface area contributed by atoms with E-state index in [9.17, 15) is 4.39 Å². The van der Waals surface area contributed by atoms with Gasteiger partial charge in [-0.15, -0.1) is 11.6 Å². The summed E-state index contributed by atoms with van der Waals surface area (Å²) in [6.07, 6.45) is 4.64. The summed E-state index contributed by atoms with van der Waals surface area (Å²) in [6, 6.07) is 0. The lowest BCUT2D eigenvalue weighted by molar-refractivity contribution is 0.620. The molecule has 0 spiro atoms. The second kappa shape index (κ2) is 4.06. The van der Waals surface area contributed by atoms with Crippen molar-refractivity contribution in [1.29, 1.82) is 0 Å². The van der Waals surface area contributed by atoms with Crippen molar-refractivity contribution in [3.05, 3.63) is 28.9 Å². The van der Waals surface area contributed by atoms with Gasteiger partial charge in [-0.1, -0.05) is 6.08 Å². The molecule has 0 aliphatic carbocycles. The molecule has 0 saturated carbocycles. The fourth-order valence-corrected chi connectivity index (χ4v) is 2.03. The predicted octanol–water partition coefficient (Wildman–Crippen LogP) is 0.214. The molecule has 7 heteroatoms. The maximum atomic E-state index is 13.0. The van der Waals surface area contributed by atoms with Crippen LogP contribution in [0.4, 0.5) is 10.2 Å². The van der Waals surface area contributed by atoms with Gasteiger partial charge >= 0.3 is 0 Å². The number of halogens is 2. The summed E-state index contributed by atoms with van der Waals surface area (Å²) < 4.78 is 13.0. The summed E-state index contributed by atoms with van der Waals surface area (Å²) in [7, 11) is 0. The van der Waals surface area contributed by atoms with Crippen LogP contribution in [0.1, 0.15) is 0 Å². The molecule has 1 aliphatic rings. The molecular weight excluding hydrogens is 257 g/mol. The van der Waals surface area contributed by atoms with Crippen LogP contribution in [-0.4, -0.2) is 26.9 Å². The van der Waals surface area contributed by atoms with Crippen molar-refractivity contribution < 1.29 is 4.39 Å². The van der Waals surface area contributed by atoms with Crippen LogP contribution in [0.15, 0.2) is 17.4 Å². The highest BCUT2D eigenvalue weighted by Crippen LogP contribution is 2.13. The lowest BCUT2D eigenvalue weighted by Gasteiger charge is -2.04. The zero-order valence-electron chi connectivity index (χ0n) is 9.19. The Labute approximate surface area is 106 Å². The summed E-state index contributed by atoms with van der Waals surface area (Å²) in [5.41, 5.74) is 6.88. The van der Waals surface area contributed by atoms with Crippen LogP contribution < -0.4 is 16.4 Å². The van der Waals surface area contributed by atoms with Crippen LogP contribution in [0, 0.1) is 5.82 Å². The normalized spacial score (nSPS) is 17.8. The number of hydrogen-bond acceptors (Lipinski definition) is 4. The minimum Gasteiger partial charge on any atom is -0.381 e. The Morgan fingerprint density at radius 2 is 2.33 bits per heavy atom. The number of H-pyrrole nitrogens is 1. The highest BCUT2D eigenvalue weighted by molar-refractivity contribution is 6.24. The first-order valence-electron chi connectivity index (χ1n) is 5.31. The number of fused-ring (bicyclic) bond motifs is 1. The number of aromatic nitrogens is 3. The second-order valence-corrected chi connectivity index (χ2v) is 4.48. The van der Waals surface area contributed by atoms with Crippen LogP contribution in [0.2, 0.25) is 0 Å². The molecule has 2 aromatic heterocycles. The van der Waals surface area contributed by atoms with E-state index in [4.69, 9.17) is 17.3 Å². The molecule has 5 nitrogen and oxygen atoms in total. The first kappa shape index (κ1) is 11.2. The van der Waals surface area contributed by atoms with Crippen LogP contribution >= 0.6 is 11.6 Å². The average molecular weight is 266 g/mol. The minimum absolute atomic E-state index is 0.162. The molecule has 0 bridgehead atoms. The molecule has 0 radical (unpaired) electrons. The van der Waals surface area contributed by atoms with Crippen molar-refractivity contribution >= 4 is 23.5 Å². The quantitative estimate of drug-likeness (QED) is 0.724. The Kier molecular flexibility index (Phi) is 2.52. The molecular formula is C11H9ClFN5. The molecule has 92 valence electrons. The Hall–Kier alpha value is -1.95. The van der Waals surface area contributed by atoms with Crippen LogP contribution in [0.5, 0.6) is 0 Å². The highest BCUT2D eigenvalue weighted by atomic mass is 35.5. The number of rotatable bonds is 1. The van der Waals surface area contributed by atoms with Gasteiger partial charge < -0.3 is 10.7 Å². The smallest absolute Gasteiger partial charge is 0.183 e. The number of nitrogens with one attached hydrogen (secondary N) is 1. The lowest BCUT2D eigenvalue weighted by Crippen LogP contribution is -2.31. The average Bonchev–Trinajstić information content (AvgIpc) is 2.75. The maximum absolute atomic E-state index is 13.0. The number of alkyl halides is 1. The standard InChI is InChI=1S/C11H9ClFN5/c12-5-1-6-7(3-16-10(6)15-2-5)11-17-4-8(13)9(14)18-11/h1,3-5H,2H2,(H,15,16)(H2,14,17,18). The Balaban J connectivity index is 2.22. The zero-order chi connectivity index (χ0) is 12.7. The molecule has 3 N–H and O–H groups in total. The topological polar surface area (TPSA) is 80.0 Å². The minimum atomic E-state index is -0.632. The van der Waals surface area contributed by atoms with Crippen molar-refractivity contribution in [2.24, 2.45) is 4.99 Å². The molecule has 1 unspecified atom stereocenters. The van der Waals surface area contributed by atoms with E-state index in [-0.39, 0.29) is 11.2 Å². The van der Waals surface area contributed by atoms with Gasteiger partial charge in [-0.25, -0.2) is 14.4 Å². The summed E-state index contributed by atoms with van der Waals surface area (Å²) in [5, 5.41) is 0.664. The summed E-state index contributed by atoms with van der Waals surface area (Å²) >= 11 is 6.03. The van der Waals surface area contributed by atoms with Gasteiger partial charge in [0, 0.05) is 17.0 Å². The van der Waals surface area contributed by atoms with E-state index < -0.39 is 5.82 Å². The van der Waals surface area contributed by atoms with Gasteiger partial charge in [0.2, 0.25) is 0 Å². The molecule has 3 rings (SSSR count). The van der Waals surface area contributed by atoms with E-state index in [2.05, 4.69) is 19.9 Å².